The monoisotopic (exact) mass is 297 g/mol. The zero-order valence-corrected chi connectivity index (χ0v) is 12.4. The number of carboxylic acid groups (broad SMARTS) is 1. The molecule has 1 aliphatic rings. The molecule has 1 fully saturated rings. The van der Waals surface area contributed by atoms with Gasteiger partial charge in [-0.15, -0.1) is 0 Å². The van der Waals surface area contributed by atoms with E-state index in [1.807, 2.05) is 31.2 Å². The molecule has 1 heterocycles. The molecule has 1 unspecified atom stereocenters. The molecule has 1 atom stereocenters. The first kappa shape index (κ1) is 15.3. The normalized spacial score (nSPS) is 19.5. The third kappa shape index (κ3) is 3.14. The predicted molar refractivity (Wildman–Crippen MR) is 78.1 cm³/mol. The van der Waals surface area contributed by atoms with E-state index in [0.717, 1.165) is 25.1 Å². The van der Waals surface area contributed by atoms with Gasteiger partial charge in [0.05, 0.1) is 25.2 Å². The largest absolute Gasteiger partial charge is 0.481 e. The molecular formula is C15H20ClNO3. The Labute approximate surface area is 124 Å². The minimum absolute atomic E-state index is 0.0884. The van der Waals surface area contributed by atoms with Gasteiger partial charge in [-0.1, -0.05) is 30.7 Å². The molecule has 4 nitrogen and oxygen atoms in total. The van der Waals surface area contributed by atoms with E-state index in [1.54, 1.807) is 0 Å². The van der Waals surface area contributed by atoms with E-state index < -0.39 is 11.5 Å². The topological polar surface area (TPSA) is 49.8 Å². The van der Waals surface area contributed by atoms with Gasteiger partial charge < -0.3 is 9.84 Å². The summed E-state index contributed by atoms with van der Waals surface area (Å²) < 4.78 is 5.39. The lowest BCUT2D eigenvalue weighted by atomic mass is 9.82. The highest BCUT2D eigenvalue weighted by atomic mass is 35.5. The number of nitrogens with zero attached hydrogens (tertiary/aromatic N) is 1. The number of carboxylic acids is 1. The number of aliphatic carboxylic acids is 1. The Bertz CT molecular complexity index is 457. The average Bonchev–Trinajstić information content (AvgIpc) is 2.46. The summed E-state index contributed by atoms with van der Waals surface area (Å²) in [5.74, 6) is -0.784. The second-order valence-electron chi connectivity index (χ2n) is 5.06. The zero-order chi connectivity index (χ0) is 14.6. The molecular weight excluding hydrogens is 278 g/mol. The van der Waals surface area contributed by atoms with Gasteiger partial charge in [-0.25, -0.2) is 0 Å². The summed E-state index contributed by atoms with van der Waals surface area (Å²) in [5, 5.41) is 10.0. The molecule has 20 heavy (non-hydrogen) atoms. The van der Waals surface area contributed by atoms with Crippen LogP contribution in [-0.4, -0.2) is 42.3 Å². The third-order valence-electron chi connectivity index (χ3n) is 4.03. The van der Waals surface area contributed by atoms with E-state index in [0.29, 0.717) is 18.2 Å². The number of carbonyl (C=O) groups is 1. The highest BCUT2D eigenvalue weighted by Crippen LogP contribution is 2.36. The molecule has 0 radical (unpaired) electrons. The molecule has 0 aliphatic carbocycles. The average molecular weight is 298 g/mol. The van der Waals surface area contributed by atoms with Gasteiger partial charge in [0.2, 0.25) is 0 Å². The highest BCUT2D eigenvalue weighted by Gasteiger charge is 2.39. The van der Waals surface area contributed by atoms with Crippen molar-refractivity contribution in [3.63, 3.8) is 0 Å². The summed E-state index contributed by atoms with van der Waals surface area (Å²) in [5.41, 5.74) is 0.522. The van der Waals surface area contributed by atoms with Gasteiger partial charge in [0.15, 0.2) is 0 Å². The van der Waals surface area contributed by atoms with Crippen molar-refractivity contribution in [1.82, 2.24) is 4.90 Å². The summed E-state index contributed by atoms with van der Waals surface area (Å²) in [4.78, 5) is 13.6. The third-order valence-corrected chi connectivity index (χ3v) is 4.28. The summed E-state index contributed by atoms with van der Waals surface area (Å²) >= 11 is 5.95. The lowest BCUT2D eigenvalue weighted by Crippen LogP contribution is -2.52. The Balaban J connectivity index is 2.39. The van der Waals surface area contributed by atoms with E-state index >= 15 is 0 Å². The van der Waals surface area contributed by atoms with Crippen molar-refractivity contribution in [3.8, 4) is 0 Å². The van der Waals surface area contributed by atoms with Crippen LogP contribution < -0.4 is 0 Å². The molecule has 2 rings (SSSR count). The fraction of sp³-hybridized carbons (Fsp3) is 0.533. The Hall–Kier alpha value is -1.10. The second kappa shape index (κ2) is 6.57. The van der Waals surface area contributed by atoms with E-state index in [1.165, 1.54) is 0 Å². The maximum absolute atomic E-state index is 11.4. The number of hydrogen-bond acceptors (Lipinski definition) is 3. The Morgan fingerprint density at radius 3 is 2.45 bits per heavy atom. The number of halogens is 1. The lowest BCUT2D eigenvalue weighted by molar-refractivity contribution is -0.142. The Morgan fingerprint density at radius 2 is 1.95 bits per heavy atom. The molecule has 5 heteroatoms. The highest BCUT2D eigenvalue weighted by molar-refractivity contribution is 6.30. The van der Waals surface area contributed by atoms with Crippen molar-refractivity contribution in [2.24, 2.45) is 0 Å². The molecule has 1 aliphatic heterocycles. The molecule has 0 bridgehead atoms. The summed E-state index contributed by atoms with van der Waals surface area (Å²) in [6, 6.07) is 7.52. The van der Waals surface area contributed by atoms with Gasteiger partial charge in [0.1, 0.15) is 0 Å². The SMILES string of the molecule is CCC(CC(=O)O)(c1ccc(Cl)cc1)N1CCOCC1. The summed E-state index contributed by atoms with van der Waals surface area (Å²) in [7, 11) is 0. The van der Waals surface area contributed by atoms with Crippen LogP contribution >= 0.6 is 11.6 Å². The van der Waals surface area contributed by atoms with Crippen LogP contribution in [0, 0.1) is 0 Å². The number of benzene rings is 1. The Kier molecular flexibility index (Phi) is 5.02. The van der Waals surface area contributed by atoms with Crippen LogP contribution in [0.4, 0.5) is 0 Å². The van der Waals surface area contributed by atoms with Gasteiger partial charge >= 0.3 is 5.97 Å². The Morgan fingerprint density at radius 1 is 1.35 bits per heavy atom. The van der Waals surface area contributed by atoms with Crippen molar-refractivity contribution < 1.29 is 14.6 Å². The van der Waals surface area contributed by atoms with Gasteiger partial charge in [0.25, 0.3) is 0 Å². The molecule has 1 aromatic rings. The van der Waals surface area contributed by atoms with Crippen LogP contribution in [0.3, 0.4) is 0 Å². The van der Waals surface area contributed by atoms with Crippen LogP contribution in [0.2, 0.25) is 5.02 Å². The van der Waals surface area contributed by atoms with Crippen LogP contribution in [-0.2, 0) is 15.1 Å². The fourth-order valence-corrected chi connectivity index (χ4v) is 3.08. The van der Waals surface area contributed by atoms with E-state index in [4.69, 9.17) is 16.3 Å². The molecule has 0 saturated carbocycles. The van der Waals surface area contributed by atoms with Gasteiger partial charge in [-0.2, -0.15) is 0 Å². The summed E-state index contributed by atoms with van der Waals surface area (Å²) in [6.45, 7) is 4.84. The molecule has 0 aromatic heterocycles. The predicted octanol–water partition coefficient (Wildman–Crippen LogP) is 2.75. The van der Waals surface area contributed by atoms with Crippen molar-refractivity contribution in [2.45, 2.75) is 25.3 Å². The lowest BCUT2D eigenvalue weighted by Gasteiger charge is -2.45. The van der Waals surface area contributed by atoms with E-state index in [-0.39, 0.29) is 6.42 Å². The van der Waals surface area contributed by atoms with E-state index in [2.05, 4.69) is 4.90 Å². The van der Waals surface area contributed by atoms with Gasteiger partial charge in [-0.05, 0) is 24.1 Å². The molecule has 0 spiro atoms. The van der Waals surface area contributed by atoms with Gasteiger partial charge in [-0.3, -0.25) is 9.69 Å². The first-order valence-electron chi connectivity index (χ1n) is 6.89. The van der Waals surface area contributed by atoms with Crippen molar-refractivity contribution in [1.29, 1.82) is 0 Å². The van der Waals surface area contributed by atoms with Crippen molar-refractivity contribution in [2.75, 3.05) is 26.3 Å². The molecule has 110 valence electrons. The zero-order valence-electron chi connectivity index (χ0n) is 11.6. The minimum Gasteiger partial charge on any atom is -0.481 e. The van der Waals surface area contributed by atoms with Crippen LogP contribution in [0.5, 0.6) is 0 Å². The molecule has 1 aromatic carbocycles. The minimum atomic E-state index is -0.784. The van der Waals surface area contributed by atoms with Crippen molar-refractivity contribution >= 4 is 17.6 Å². The van der Waals surface area contributed by atoms with Crippen LogP contribution in [0.1, 0.15) is 25.3 Å². The maximum atomic E-state index is 11.4. The number of hydrogen-bond donors (Lipinski definition) is 1. The van der Waals surface area contributed by atoms with E-state index in [9.17, 15) is 9.90 Å². The number of rotatable bonds is 5. The molecule has 1 N–H and O–H groups in total. The van der Waals surface area contributed by atoms with Crippen LogP contribution in [0.25, 0.3) is 0 Å². The van der Waals surface area contributed by atoms with Crippen LogP contribution in [0.15, 0.2) is 24.3 Å². The number of ether oxygens (including phenoxy) is 1. The van der Waals surface area contributed by atoms with Gasteiger partial charge in [0, 0.05) is 18.1 Å². The quantitative estimate of drug-likeness (QED) is 0.908. The standard InChI is InChI=1S/C15H20ClNO3/c1-2-15(11-14(18)19,17-7-9-20-10-8-17)12-3-5-13(16)6-4-12/h3-6H,2,7-11H2,1H3,(H,18,19). The molecule has 1 saturated heterocycles. The molecule has 0 amide bonds. The first-order chi connectivity index (χ1) is 9.58. The maximum Gasteiger partial charge on any atom is 0.305 e. The summed E-state index contributed by atoms with van der Waals surface area (Å²) in [6.07, 6.45) is 0.825. The smallest absolute Gasteiger partial charge is 0.305 e. The number of morpholine rings is 1. The van der Waals surface area contributed by atoms with Crippen molar-refractivity contribution in [3.05, 3.63) is 34.9 Å². The fourth-order valence-electron chi connectivity index (χ4n) is 2.95. The first-order valence-corrected chi connectivity index (χ1v) is 7.27. The second-order valence-corrected chi connectivity index (χ2v) is 5.50.